The van der Waals surface area contributed by atoms with Gasteiger partial charge in [-0.15, -0.1) is 0 Å². The molecule has 5 nitrogen and oxygen atoms in total. The third-order valence-electron chi connectivity index (χ3n) is 2.99. The lowest BCUT2D eigenvalue weighted by molar-refractivity contribution is 0.0682. The molecule has 0 saturated carbocycles. The Morgan fingerprint density at radius 1 is 1.67 bits per heavy atom. The summed E-state index contributed by atoms with van der Waals surface area (Å²) in [7, 11) is 4.09. The van der Waals surface area contributed by atoms with Crippen LogP contribution in [0.5, 0.6) is 0 Å². The van der Waals surface area contributed by atoms with Gasteiger partial charge in [0, 0.05) is 19.0 Å². The summed E-state index contributed by atoms with van der Waals surface area (Å²) >= 11 is 0. The number of likely N-dealkylation sites (N-methyl/N-ethyl adjacent to an activating group) is 1. The van der Waals surface area contributed by atoms with Crippen molar-refractivity contribution >= 4 is 5.97 Å². The maximum atomic E-state index is 10.9. The summed E-state index contributed by atoms with van der Waals surface area (Å²) < 4.78 is 1.81. The van der Waals surface area contributed by atoms with Crippen molar-refractivity contribution in [2.75, 3.05) is 14.1 Å². The molecule has 0 fully saturated rings. The number of aromatic nitrogens is 2. The number of rotatable bonds is 2. The van der Waals surface area contributed by atoms with Crippen molar-refractivity contribution in [2.24, 2.45) is 0 Å². The van der Waals surface area contributed by atoms with Crippen LogP contribution in [0.25, 0.3) is 0 Å². The number of aromatic carboxylic acids is 1. The van der Waals surface area contributed by atoms with Crippen molar-refractivity contribution in [1.82, 2.24) is 14.5 Å². The standard InChI is InChI=1S/C10H15N3O2/c1-12(2)7-3-4-13-8(10(14)15)6-11-9(13)5-7/h6-7H,3-5H2,1-2H3,(H,14,15). The molecule has 0 amide bonds. The van der Waals surface area contributed by atoms with Gasteiger partial charge in [0.25, 0.3) is 0 Å². The van der Waals surface area contributed by atoms with Crippen LogP contribution in [0.2, 0.25) is 0 Å². The van der Waals surface area contributed by atoms with Crippen LogP contribution in [0.4, 0.5) is 0 Å². The van der Waals surface area contributed by atoms with E-state index in [-0.39, 0.29) is 0 Å². The highest BCUT2D eigenvalue weighted by Crippen LogP contribution is 2.19. The molecule has 1 N–H and O–H groups in total. The van der Waals surface area contributed by atoms with Gasteiger partial charge in [-0.3, -0.25) is 0 Å². The first-order valence-electron chi connectivity index (χ1n) is 5.03. The molecule has 0 saturated heterocycles. The molecule has 1 unspecified atom stereocenters. The quantitative estimate of drug-likeness (QED) is 0.768. The minimum atomic E-state index is -0.892. The third-order valence-corrected chi connectivity index (χ3v) is 2.99. The highest BCUT2D eigenvalue weighted by atomic mass is 16.4. The molecule has 0 aliphatic carbocycles. The van der Waals surface area contributed by atoms with Crippen LogP contribution < -0.4 is 0 Å². The number of fused-ring (bicyclic) bond motifs is 1. The predicted molar refractivity (Wildman–Crippen MR) is 55.0 cm³/mol. The Morgan fingerprint density at radius 3 is 3.00 bits per heavy atom. The van der Waals surface area contributed by atoms with E-state index in [4.69, 9.17) is 5.11 Å². The molecule has 0 bridgehead atoms. The third kappa shape index (κ3) is 1.74. The molecular weight excluding hydrogens is 194 g/mol. The molecule has 0 radical (unpaired) electrons. The normalized spacial score (nSPS) is 20.3. The van der Waals surface area contributed by atoms with Crippen molar-refractivity contribution in [1.29, 1.82) is 0 Å². The Kier molecular flexibility index (Phi) is 2.48. The largest absolute Gasteiger partial charge is 0.477 e. The highest BCUT2D eigenvalue weighted by Gasteiger charge is 2.24. The first-order valence-corrected chi connectivity index (χ1v) is 5.03. The lowest BCUT2D eigenvalue weighted by Gasteiger charge is -2.29. The predicted octanol–water partition coefficient (Wildman–Crippen LogP) is 0.458. The van der Waals surface area contributed by atoms with E-state index in [1.54, 1.807) is 0 Å². The van der Waals surface area contributed by atoms with Crippen molar-refractivity contribution < 1.29 is 9.90 Å². The molecule has 1 atom stereocenters. The highest BCUT2D eigenvalue weighted by molar-refractivity contribution is 5.85. The van der Waals surface area contributed by atoms with Gasteiger partial charge >= 0.3 is 5.97 Å². The molecule has 1 aromatic rings. The molecule has 5 heteroatoms. The van der Waals surface area contributed by atoms with Crippen LogP contribution in [0, 0.1) is 0 Å². The van der Waals surface area contributed by atoms with E-state index in [2.05, 4.69) is 9.88 Å². The molecule has 1 aromatic heterocycles. The Bertz CT molecular complexity index is 384. The van der Waals surface area contributed by atoms with Crippen LogP contribution in [0.1, 0.15) is 22.7 Å². The molecular formula is C10H15N3O2. The van der Waals surface area contributed by atoms with Gasteiger partial charge in [0.1, 0.15) is 11.5 Å². The molecule has 2 rings (SSSR count). The lowest BCUT2D eigenvalue weighted by atomic mass is 10.1. The van der Waals surface area contributed by atoms with E-state index in [0.29, 0.717) is 11.7 Å². The summed E-state index contributed by atoms with van der Waals surface area (Å²) in [6, 6.07) is 0.474. The van der Waals surface area contributed by atoms with E-state index in [9.17, 15) is 4.79 Å². The number of nitrogens with zero attached hydrogens (tertiary/aromatic N) is 3. The van der Waals surface area contributed by atoms with Crippen LogP contribution in [0.3, 0.4) is 0 Å². The number of carbonyl (C=O) groups is 1. The van der Waals surface area contributed by atoms with Crippen molar-refractivity contribution in [3.05, 3.63) is 17.7 Å². The van der Waals surface area contributed by atoms with Gasteiger partial charge in [-0.1, -0.05) is 0 Å². The number of carboxylic acid groups (broad SMARTS) is 1. The molecule has 82 valence electrons. The van der Waals surface area contributed by atoms with Crippen LogP contribution >= 0.6 is 0 Å². The Hall–Kier alpha value is -1.36. The zero-order valence-electron chi connectivity index (χ0n) is 8.97. The van der Waals surface area contributed by atoms with Gasteiger partial charge in [0.2, 0.25) is 0 Å². The minimum Gasteiger partial charge on any atom is -0.477 e. The fourth-order valence-electron chi connectivity index (χ4n) is 2.03. The van der Waals surface area contributed by atoms with Gasteiger partial charge in [-0.05, 0) is 20.5 Å². The van der Waals surface area contributed by atoms with Crippen molar-refractivity contribution in [2.45, 2.75) is 25.4 Å². The molecule has 0 aromatic carbocycles. The lowest BCUT2D eigenvalue weighted by Crippen LogP contribution is -2.36. The van der Waals surface area contributed by atoms with Crippen molar-refractivity contribution in [3.8, 4) is 0 Å². The van der Waals surface area contributed by atoms with Crippen molar-refractivity contribution in [3.63, 3.8) is 0 Å². The zero-order chi connectivity index (χ0) is 11.0. The van der Waals surface area contributed by atoms with Gasteiger partial charge in [0.15, 0.2) is 0 Å². The van der Waals surface area contributed by atoms with Gasteiger partial charge in [-0.2, -0.15) is 0 Å². The van der Waals surface area contributed by atoms with E-state index in [1.165, 1.54) is 6.20 Å². The fraction of sp³-hybridized carbons (Fsp3) is 0.600. The molecule has 1 aliphatic heterocycles. The summed E-state index contributed by atoms with van der Waals surface area (Å²) in [5, 5.41) is 8.93. The summed E-state index contributed by atoms with van der Waals surface area (Å²) in [6.45, 7) is 0.750. The van der Waals surface area contributed by atoms with Gasteiger partial charge in [0.05, 0.1) is 6.20 Å². The topological polar surface area (TPSA) is 58.4 Å². The second kappa shape index (κ2) is 3.66. The Morgan fingerprint density at radius 2 is 2.40 bits per heavy atom. The first kappa shape index (κ1) is 10.2. The second-order valence-corrected chi connectivity index (χ2v) is 4.13. The van der Waals surface area contributed by atoms with Crippen LogP contribution in [0.15, 0.2) is 6.20 Å². The minimum absolute atomic E-state index is 0.308. The number of hydrogen-bond acceptors (Lipinski definition) is 3. The molecule has 2 heterocycles. The number of hydrogen-bond donors (Lipinski definition) is 1. The summed E-state index contributed by atoms with van der Waals surface area (Å²) in [5.41, 5.74) is 0.308. The Balaban J connectivity index is 2.26. The van der Waals surface area contributed by atoms with Gasteiger partial charge < -0.3 is 14.6 Å². The average Bonchev–Trinajstić information content (AvgIpc) is 2.59. The molecule has 1 aliphatic rings. The van der Waals surface area contributed by atoms with E-state index < -0.39 is 5.97 Å². The number of imidazole rings is 1. The summed E-state index contributed by atoms with van der Waals surface area (Å²) in [4.78, 5) is 17.2. The first-order chi connectivity index (χ1) is 7.09. The number of carboxylic acids is 1. The maximum Gasteiger partial charge on any atom is 0.354 e. The van der Waals surface area contributed by atoms with Crippen LogP contribution in [-0.2, 0) is 13.0 Å². The SMILES string of the molecule is CN(C)C1CCn2c(C(=O)O)cnc2C1. The Labute approximate surface area is 88.3 Å². The van der Waals surface area contributed by atoms with Crippen LogP contribution in [-0.4, -0.2) is 45.7 Å². The monoisotopic (exact) mass is 209 g/mol. The van der Waals surface area contributed by atoms with E-state index >= 15 is 0 Å². The van der Waals surface area contributed by atoms with E-state index in [1.807, 2.05) is 18.7 Å². The maximum absolute atomic E-state index is 10.9. The molecule has 15 heavy (non-hydrogen) atoms. The summed E-state index contributed by atoms with van der Waals surface area (Å²) in [6.07, 6.45) is 3.27. The molecule has 0 spiro atoms. The van der Waals surface area contributed by atoms with E-state index in [0.717, 1.165) is 25.2 Å². The summed E-state index contributed by atoms with van der Waals surface area (Å²) in [5.74, 6) is -0.00518. The zero-order valence-corrected chi connectivity index (χ0v) is 8.97. The smallest absolute Gasteiger partial charge is 0.354 e. The second-order valence-electron chi connectivity index (χ2n) is 4.13. The van der Waals surface area contributed by atoms with Gasteiger partial charge in [-0.25, -0.2) is 9.78 Å². The average molecular weight is 209 g/mol. The fourth-order valence-corrected chi connectivity index (χ4v) is 2.03.